The van der Waals surface area contributed by atoms with Crippen LogP contribution in [0.3, 0.4) is 0 Å². The Bertz CT molecular complexity index is 522. The quantitative estimate of drug-likeness (QED) is 0.844. The second kappa shape index (κ2) is 6.67. The minimum atomic E-state index is -4.68. The Morgan fingerprint density at radius 3 is 2.45 bits per heavy atom. The molecule has 1 rings (SSSR count). The molecule has 1 aromatic rings. The first-order chi connectivity index (χ1) is 9.19. The lowest BCUT2D eigenvalue weighted by Gasteiger charge is -2.09. The van der Waals surface area contributed by atoms with Crippen LogP contribution in [0.5, 0.6) is 0 Å². The molecule has 0 aliphatic heterocycles. The smallest absolute Gasteiger partial charge is 0.438 e. The summed E-state index contributed by atoms with van der Waals surface area (Å²) in [5.74, 6) is -1.09. The van der Waals surface area contributed by atoms with Crippen LogP contribution in [0, 0.1) is 0 Å². The minimum absolute atomic E-state index is 0.0482. The van der Waals surface area contributed by atoms with Gasteiger partial charge in [-0.3, -0.25) is 0 Å². The van der Waals surface area contributed by atoms with Crippen molar-refractivity contribution in [1.29, 1.82) is 0 Å². The van der Waals surface area contributed by atoms with Gasteiger partial charge in [-0.15, -0.1) is 5.48 Å². The molecule has 0 fully saturated rings. The van der Waals surface area contributed by atoms with E-state index in [1.54, 1.807) is 0 Å². The lowest BCUT2D eigenvalue weighted by Crippen LogP contribution is -2.31. The van der Waals surface area contributed by atoms with Gasteiger partial charge in [-0.25, -0.2) is 9.59 Å². The van der Waals surface area contributed by atoms with Crippen LogP contribution in [0.15, 0.2) is 18.2 Å². The number of hydrogen-bond donors (Lipinski definition) is 1. The zero-order chi connectivity index (χ0) is 15.3. The SMILES string of the molecule is O=C(NOC(=O)c1ccc(Cl)cc1Cl)OCC(F)(F)F. The molecule has 0 atom stereocenters. The number of ether oxygens (including phenoxy) is 1. The Morgan fingerprint density at radius 2 is 1.90 bits per heavy atom. The van der Waals surface area contributed by atoms with Gasteiger partial charge in [0.1, 0.15) is 0 Å². The number of hydrogen-bond acceptors (Lipinski definition) is 4. The molecule has 0 unspecified atom stereocenters. The number of halogens is 5. The van der Waals surface area contributed by atoms with Crippen LogP contribution in [-0.2, 0) is 9.57 Å². The number of benzene rings is 1. The number of hydroxylamine groups is 1. The van der Waals surface area contributed by atoms with E-state index in [1.807, 2.05) is 0 Å². The molecular formula is C10H6Cl2F3NO4. The van der Waals surface area contributed by atoms with Crippen LogP contribution in [0.4, 0.5) is 18.0 Å². The second-order valence-corrected chi connectivity index (χ2v) is 4.15. The number of rotatable bonds is 2. The maximum atomic E-state index is 11.7. The summed E-state index contributed by atoms with van der Waals surface area (Å²) in [5, 5.41) is 0.219. The highest BCUT2D eigenvalue weighted by Gasteiger charge is 2.29. The summed E-state index contributed by atoms with van der Waals surface area (Å²) in [4.78, 5) is 26.5. The van der Waals surface area contributed by atoms with Gasteiger partial charge in [0, 0.05) is 5.02 Å². The summed E-state index contributed by atoms with van der Waals surface area (Å²) >= 11 is 11.3. The van der Waals surface area contributed by atoms with E-state index in [1.165, 1.54) is 23.7 Å². The van der Waals surface area contributed by atoms with E-state index in [-0.39, 0.29) is 15.6 Å². The topological polar surface area (TPSA) is 64.6 Å². The Morgan fingerprint density at radius 1 is 1.25 bits per heavy atom. The summed E-state index contributed by atoms with van der Waals surface area (Å²) in [6, 6.07) is 3.81. The summed E-state index contributed by atoms with van der Waals surface area (Å²) in [5.41, 5.74) is 1.26. The van der Waals surface area contributed by atoms with E-state index >= 15 is 0 Å². The van der Waals surface area contributed by atoms with Gasteiger partial charge in [0.2, 0.25) is 0 Å². The second-order valence-electron chi connectivity index (χ2n) is 3.31. The normalized spacial score (nSPS) is 10.8. The van der Waals surface area contributed by atoms with Crippen LogP contribution in [0.2, 0.25) is 10.0 Å². The van der Waals surface area contributed by atoms with E-state index in [0.29, 0.717) is 0 Å². The lowest BCUT2D eigenvalue weighted by molar-refractivity contribution is -0.161. The Hall–Kier alpha value is -1.67. The van der Waals surface area contributed by atoms with Crippen molar-refractivity contribution in [2.45, 2.75) is 6.18 Å². The van der Waals surface area contributed by atoms with Crippen LogP contribution in [-0.4, -0.2) is 24.8 Å². The molecular weight excluding hydrogens is 326 g/mol. The van der Waals surface area contributed by atoms with Gasteiger partial charge in [0.25, 0.3) is 0 Å². The molecule has 0 radical (unpaired) electrons. The van der Waals surface area contributed by atoms with Crippen molar-refractivity contribution in [2.75, 3.05) is 6.61 Å². The molecule has 110 valence electrons. The maximum Gasteiger partial charge on any atom is 0.441 e. The molecule has 0 saturated carbocycles. The molecule has 0 aliphatic rings. The molecule has 0 aromatic heterocycles. The monoisotopic (exact) mass is 331 g/mol. The number of nitrogens with one attached hydrogen (secondary N) is 1. The van der Waals surface area contributed by atoms with Crippen molar-refractivity contribution >= 4 is 35.3 Å². The summed E-state index contributed by atoms with van der Waals surface area (Å²) < 4.78 is 38.9. The molecule has 0 aliphatic carbocycles. The number of alkyl halides is 3. The van der Waals surface area contributed by atoms with Crippen LogP contribution >= 0.6 is 23.2 Å². The molecule has 0 heterocycles. The Balaban J connectivity index is 2.49. The fourth-order valence-electron chi connectivity index (χ4n) is 0.975. The third-order valence-electron chi connectivity index (χ3n) is 1.75. The predicted molar refractivity (Wildman–Crippen MR) is 62.4 cm³/mol. The largest absolute Gasteiger partial charge is 0.441 e. The van der Waals surface area contributed by atoms with E-state index in [9.17, 15) is 22.8 Å². The lowest BCUT2D eigenvalue weighted by atomic mass is 10.2. The van der Waals surface area contributed by atoms with Crippen molar-refractivity contribution in [2.24, 2.45) is 0 Å². The fraction of sp³-hybridized carbons (Fsp3) is 0.200. The van der Waals surface area contributed by atoms with Crippen LogP contribution in [0.25, 0.3) is 0 Å². The number of amides is 1. The molecule has 5 nitrogen and oxygen atoms in total. The first-order valence-corrected chi connectivity index (χ1v) is 5.60. The van der Waals surface area contributed by atoms with E-state index in [0.717, 1.165) is 0 Å². The van der Waals surface area contributed by atoms with Gasteiger partial charge >= 0.3 is 18.2 Å². The summed E-state index contributed by atoms with van der Waals surface area (Å²) in [7, 11) is 0. The van der Waals surface area contributed by atoms with Gasteiger partial charge in [-0.05, 0) is 18.2 Å². The predicted octanol–water partition coefficient (Wildman–Crippen LogP) is 3.35. The third-order valence-corrected chi connectivity index (χ3v) is 2.29. The molecule has 0 saturated heterocycles. The fourth-order valence-corrected chi connectivity index (χ4v) is 1.46. The molecule has 0 spiro atoms. The van der Waals surface area contributed by atoms with E-state index in [4.69, 9.17) is 23.2 Å². The zero-order valence-electron chi connectivity index (χ0n) is 9.46. The van der Waals surface area contributed by atoms with Crippen molar-refractivity contribution in [1.82, 2.24) is 5.48 Å². The van der Waals surface area contributed by atoms with E-state index in [2.05, 4.69) is 9.57 Å². The van der Waals surface area contributed by atoms with Crippen LogP contribution in [0.1, 0.15) is 10.4 Å². The average Bonchev–Trinajstić information content (AvgIpc) is 2.32. The van der Waals surface area contributed by atoms with Gasteiger partial charge in [-0.1, -0.05) is 23.2 Å². The highest BCUT2D eigenvalue weighted by Crippen LogP contribution is 2.21. The first-order valence-electron chi connectivity index (χ1n) is 4.85. The molecule has 20 heavy (non-hydrogen) atoms. The maximum absolute atomic E-state index is 11.7. The summed E-state index contributed by atoms with van der Waals surface area (Å²) in [6.07, 6.45) is -6.25. The molecule has 1 amide bonds. The van der Waals surface area contributed by atoms with Crippen molar-refractivity contribution in [3.63, 3.8) is 0 Å². The minimum Gasteiger partial charge on any atom is -0.438 e. The van der Waals surface area contributed by atoms with Crippen molar-refractivity contribution < 1.29 is 32.3 Å². The van der Waals surface area contributed by atoms with Crippen molar-refractivity contribution in [3.05, 3.63) is 33.8 Å². The number of carbonyl (C=O) groups is 2. The zero-order valence-corrected chi connectivity index (χ0v) is 11.0. The average molecular weight is 332 g/mol. The first kappa shape index (κ1) is 16.4. The van der Waals surface area contributed by atoms with E-state index < -0.39 is 24.8 Å². The van der Waals surface area contributed by atoms with Gasteiger partial charge in [0.05, 0.1) is 10.6 Å². The van der Waals surface area contributed by atoms with Gasteiger partial charge < -0.3 is 9.57 Å². The van der Waals surface area contributed by atoms with Gasteiger partial charge in [-0.2, -0.15) is 13.2 Å². The molecule has 0 bridgehead atoms. The molecule has 10 heteroatoms. The molecule has 1 aromatic carbocycles. The standard InChI is InChI=1S/C10H6Cl2F3NO4/c11-5-1-2-6(7(12)3-5)8(17)20-16-9(18)19-4-10(13,14)15/h1-3H,4H2,(H,16,18). The summed E-state index contributed by atoms with van der Waals surface area (Å²) in [6.45, 7) is -1.81. The Kier molecular flexibility index (Phi) is 5.46. The molecule has 1 N–H and O–H groups in total. The van der Waals surface area contributed by atoms with Crippen LogP contribution < -0.4 is 5.48 Å². The number of carbonyl (C=O) groups excluding carboxylic acids is 2. The highest BCUT2D eigenvalue weighted by atomic mass is 35.5. The highest BCUT2D eigenvalue weighted by molar-refractivity contribution is 6.36. The van der Waals surface area contributed by atoms with Gasteiger partial charge in [0.15, 0.2) is 6.61 Å². The Labute approximate surface area is 120 Å². The van der Waals surface area contributed by atoms with Crippen molar-refractivity contribution in [3.8, 4) is 0 Å². The third kappa shape index (κ3) is 5.54.